The van der Waals surface area contributed by atoms with Gasteiger partial charge < -0.3 is 10.6 Å². The maximum Gasteiger partial charge on any atom is 0.253 e. The van der Waals surface area contributed by atoms with Crippen LogP contribution in [-0.2, 0) is 0 Å². The number of aryl methyl sites for hydroxylation is 2. The number of carbonyl (C=O) groups excluding carboxylic acids is 1. The van der Waals surface area contributed by atoms with Gasteiger partial charge in [-0.05, 0) is 51.2 Å². The molecule has 1 amide bonds. The van der Waals surface area contributed by atoms with Crippen molar-refractivity contribution in [2.24, 2.45) is 0 Å². The van der Waals surface area contributed by atoms with Crippen LogP contribution in [-0.4, -0.2) is 63.7 Å². The lowest BCUT2D eigenvalue weighted by Crippen LogP contribution is -2.50. The standard InChI is InChI=1S/C19H28N6O/c1-13-11-15(12-25-18(13)21-14(2)23-25)19(26)22-16-3-5-17(6-4-16)24-9-7-20-8-10-24/h11-12,16-17,20H,3-10H2,1-2H3,(H,22,26). The normalized spacial score (nSPS) is 24.7. The maximum absolute atomic E-state index is 12.7. The van der Waals surface area contributed by atoms with Gasteiger partial charge in [-0.1, -0.05) is 0 Å². The third-order valence-corrected chi connectivity index (χ3v) is 5.69. The average Bonchev–Trinajstić information content (AvgIpc) is 3.04. The SMILES string of the molecule is Cc1nc2c(C)cc(C(=O)NC3CCC(N4CCNCC4)CC3)cn2n1. The minimum absolute atomic E-state index is 0.00576. The van der Waals surface area contributed by atoms with Crippen molar-refractivity contribution in [3.63, 3.8) is 0 Å². The maximum atomic E-state index is 12.7. The number of carbonyl (C=O) groups is 1. The third-order valence-electron chi connectivity index (χ3n) is 5.69. The highest BCUT2D eigenvalue weighted by molar-refractivity contribution is 5.94. The van der Waals surface area contributed by atoms with Gasteiger partial charge in [-0.25, -0.2) is 9.50 Å². The second-order valence-corrected chi connectivity index (χ2v) is 7.60. The third kappa shape index (κ3) is 3.59. The molecular formula is C19H28N6O. The second-order valence-electron chi connectivity index (χ2n) is 7.60. The fourth-order valence-corrected chi connectivity index (χ4v) is 4.28. The summed E-state index contributed by atoms with van der Waals surface area (Å²) < 4.78 is 1.71. The van der Waals surface area contributed by atoms with Crippen molar-refractivity contribution in [2.75, 3.05) is 26.2 Å². The minimum Gasteiger partial charge on any atom is -0.349 e. The lowest BCUT2D eigenvalue weighted by Gasteiger charge is -2.39. The number of hydrogen-bond acceptors (Lipinski definition) is 5. The zero-order valence-electron chi connectivity index (χ0n) is 15.7. The molecule has 4 rings (SSSR count). The van der Waals surface area contributed by atoms with Gasteiger partial charge in [-0.3, -0.25) is 9.69 Å². The Morgan fingerprint density at radius 3 is 2.65 bits per heavy atom. The Balaban J connectivity index is 1.36. The molecule has 2 N–H and O–H groups in total. The smallest absolute Gasteiger partial charge is 0.253 e. The Hall–Kier alpha value is -1.99. The molecule has 0 spiro atoms. The predicted molar refractivity (Wildman–Crippen MR) is 100 cm³/mol. The molecule has 1 saturated heterocycles. The molecule has 2 aromatic heterocycles. The summed E-state index contributed by atoms with van der Waals surface area (Å²) in [5.41, 5.74) is 2.44. The molecular weight excluding hydrogens is 328 g/mol. The van der Waals surface area contributed by atoms with E-state index in [0.717, 1.165) is 56.1 Å². The predicted octanol–water partition coefficient (Wildman–Crippen LogP) is 1.29. The molecule has 1 saturated carbocycles. The van der Waals surface area contributed by atoms with Crippen molar-refractivity contribution in [1.29, 1.82) is 0 Å². The van der Waals surface area contributed by atoms with Crippen LogP contribution in [0.3, 0.4) is 0 Å². The number of nitrogens with zero attached hydrogens (tertiary/aromatic N) is 4. The Kier molecular flexibility index (Phi) is 4.91. The molecule has 3 heterocycles. The van der Waals surface area contributed by atoms with Gasteiger partial charge in [0.05, 0.1) is 5.56 Å². The van der Waals surface area contributed by atoms with Gasteiger partial charge in [0.15, 0.2) is 5.65 Å². The van der Waals surface area contributed by atoms with E-state index >= 15 is 0 Å². The molecule has 1 aliphatic heterocycles. The van der Waals surface area contributed by atoms with Crippen molar-refractivity contribution in [3.8, 4) is 0 Å². The lowest BCUT2D eigenvalue weighted by molar-refractivity contribution is 0.0893. The summed E-state index contributed by atoms with van der Waals surface area (Å²) >= 11 is 0. The summed E-state index contributed by atoms with van der Waals surface area (Å²) in [7, 11) is 0. The summed E-state index contributed by atoms with van der Waals surface area (Å²) in [6, 6.07) is 2.86. The van der Waals surface area contributed by atoms with Gasteiger partial charge >= 0.3 is 0 Å². The van der Waals surface area contributed by atoms with Crippen molar-refractivity contribution in [3.05, 3.63) is 29.2 Å². The van der Waals surface area contributed by atoms with Crippen LogP contribution >= 0.6 is 0 Å². The van der Waals surface area contributed by atoms with E-state index < -0.39 is 0 Å². The van der Waals surface area contributed by atoms with Crippen molar-refractivity contribution >= 4 is 11.6 Å². The van der Waals surface area contributed by atoms with Crippen LogP contribution in [0.15, 0.2) is 12.3 Å². The number of aromatic nitrogens is 3. The summed E-state index contributed by atoms with van der Waals surface area (Å²) in [6.07, 6.45) is 6.24. The average molecular weight is 356 g/mol. The molecule has 26 heavy (non-hydrogen) atoms. The summed E-state index contributed by atoms with van der Waals surface area (Å²) in [5.74, 6) is 0.714. The quantitative estimate of drug-likeness (QED) is 0.867. The second kappa shape index (κ2) is 7.32. The molecule has 1 aliphatic carbocycles. The van der Waals surface area contributed by atoms with E-state index in [4.69, 9.17) is 0 Å². The van der Waals surface area contributed by atoms with E-state index in [2.05, 4.69) is 25.6 Å². The van der Waals surface area contributed by atoms with Crippen molar-refractivity contribution in [2.45, 2.75) is 51.6 Å². The fraction of sp³-hybridized carbons (Fsp3) is 0.632. The Labute approximate surface area is 154 Å². The Morgan fingerprint density at radius 2 is 1.92 bits per heavy atom. The highest BCUT2D eigenvalue weighted by Crippen LogP contribution is 2.24. The number of rotatable bonds is 3. The molecule has 0 radical (unpaired) electrons. The Morgan fingerprint density at radius 1 is 1.19 bits per heavy atom. The van der Waals surface area contributed by atoms with Gasteiger partial charge in [0.1, 0.15) is 5.82 Å². The van der Waals surface area contributed by atoms with E-state index in [1.807, 2.05) is 19.9 Å². The van der Waals surface area contributed by atoms with Gasteiger partial charge in [-0.15, -0.1) is 0 Å². The van der Waals surface area contributed by atoms with Crippen LogP contribution in [0.4, 0.5) is 0 Å². The molecule has 0 aromatic carbocycles. The summed E-state index contributed by atoms with van der Waals surface area (Å²) in [4.78, 5) is 19.7. The first-order chi connectivity index (χ1) is 12.6. The zero-order chi connectivity index (χ0) is 18.1. The number of piperazine rings is 1. The molecule has 2 aliphatic rings. The largest absolute Gasteiger partial charge is 0.349 e. The number of nitrogens with one attached hydrogen (secondary N) is 2. The fourth-order valence-electron chi connectivity index (χ4n) is 4.28. The number of pyridine rings is 1. The van der Waals surface area contributed by atoms with Crippen LogP contribution in [0.5, 0.6) is 0 Å². The number of fused-ring (bicyclic) bond motifs is 1. The first kappa shape index (κ1) is 17.4. The van der Waals surface area contributed by atoms with Crippen molar-refractivity contribution in [1.82, 2.24) is 30.1 Å². The van der Waals surface area contributed by atoms with E-state index in [0.29, 0.717) is 11.6 Å². The monoisotopic (exact) mass is 356 g/mol. The molecule has 2 fully saturated rings. The first-order valence-electron chi connectivity index (χ1n) is 9.69. The number of amides is 1. The van der Waals surface area contributed by atoms with Gasteiger partial charge in [0.2, 0.25) is 0 Å². The zero-order valence-corrected chi connectivity index (χ0v) is 15.7. The molecule has 7 heteroatoms. The topological polar surface area (TPSA) is 74.6 Å². The van der Waals surface area contributed by atoms with Crippen LogP contribution in [0.2, 0.25) is 0 Å². The van der Waals surface area contributed by atoms with Gasteiger partial charge in [0, 0.05) is 44.5 Å². The highest BCUT2D eigenvalue weighted by Gasteiger charge is 2.27. The van der Waals surface area contributed by atoms with Gasteiger partial charge in [0.25, 0.3) is 5.91 Å². The minimum atomic E-state index is -0.00576. The Bertz CT molecular complexity index is 787. The molecule has 0 bridgehead atoms. The summed E-state index contributed by atoms with van der Waals surface area (Å²) in [5, 5.41) is 11.0. The van der Waals surface area contributed by atoms with Gasteiger partial charge in [-0.2, -0.15) is 5.10 Å². The molecule has 0 atom stereocenters. The summed E-state index contributed by atoms with van der Waals surface area (Å²) in [6.45, 7) is 8.33. The van der Waals surface area contributed by atoms with Crippen LogP contribution in [0, 0.1) is 13.8 Å². The van der Waals surface area contributed by atoms with E-state index in [9.17, 15) is 4.79 Å². The first-order valence-corrected chi connectivity index (χ1v) is 9.69. The van der Waals surface area contributed by atoms with E-state index in [-0.39, 0.29) is 11.9 Å². The lowest BCUT2D eigenvalue weighted by atomic mass is 9.89. The molecule has 0 unspecified atom stereocenters. The molecule has 7 nitrogen and oxygen atoms in total. The van der Waals surface area contributed by atoms with Crippen molar-refractivity contribution < 1.29 is 4.79 Å². The van der Waals surface area contributed by atoms with Crippen LogP contribution in [0.25, 0.3) is 5.65 Å². The van der Waals surface area contributed by atoms with E-state index in [1.165, 1.54) is 12.8 Å². The molecule has 140 valence electrons. The van der Waals surface area contributed by atoms with E-state index in [1.54, 1.807) is 10.7 Å². The number of hydrogen-bond donors (Lipinski definition) is 2. The van der Waals surface area contributed by atoms with Crippen LogP contribution < -0.4 is 10.6 Å². The van der Waals surface area contributed by atoms with Crippen LogP contribution in [0.1, 0.15) is 47.4 Å². The molecule has 2 aromatic rings. The highest BCUT2D eigenvalue weighted by atomic mass is 16.1.